The van der Waals surface area contributed by atoms with Crippen LogP contribution >= 0.6 is 11.3 Å². The zero-order valence-electron chi connectivity index (χ0n) is 35.4. The minimum Gasteiger partial charge on any atom is -0.310 e. The number of benzene rings is 11. The molecule has 0 saturated carbocycles. The second kappa shape index (κ2) is 15.2. The van der Waals surface area contributed by atoms with Crippen molar-refractivity contribution in [3.63, 3.8) is 0 Å². The average Bonchev–Trinajstić information content (AvgIpc) is 3.94. The Morgan fingerprint density at radius 1 is 0.338 bits per heavy atom. The zero-order valence-corrected chi connectivity index (χ0v) is 36.2. The minimum absolute atomic E-state index is 1.10. The van der Waals surface area contributed by atoms with Crippen LogP contribution in [-0.2, 0) is 0 Å². The summed E-state index contributed by atoms with van der Waals surface area (Å²) < 4.78 is 4.95. The van der Waals surface area contributed by atoms with E-state index in [0.29, 0.717) is 0 Å². The quantitative estimate of drug-likeness (QED) is 0.145. The van der Waals surface area contributed by atoms with E-state index in [0.717, 1.165) is 22.7 Å². The standard InChI is InChI=1S/C62H40N2S/c1-2-16-41(17-3-1)43-19-12-22-46(38-43)63(47-23-13-20-44(39-47)50-29-15-30-52-49-25-5-4-18-42(49)34-35-53(50)52)59-37-36-51(62-61(59)56-28-8-11-33-60(56)65-62)45-21-14-24-48(40-45)64-57-31-9-6-26-54(57)55-27-7-10-32-58(55)64/h1-40H. The van der Waals surface area contributed by atoms with Crippen molar-refractivity contribution in [2.75, 3.05) is 4.90 Å². The molecule has 0 unspecified atom stereocenters. The van der Waals surface area contributed by atoms with Crippen LogP contribution in [0, 0.1) is 0 Å². The lowest BCUT2D eigenvalue weighted by Crippen LogP contribution is -2.10. The van der Waals surface area contributed by atoms with E-state index in [-0.39, 0.29) is 0 Å². The van der Waals surface area contributed by atoms with Gasteiger partial charge in [-0.2, -0.15) is 0 Å². The highest BCUT2D eigenvalue weighted by molar-refractivity contribution is 7.26. The highest BCUT2D eigenvalue weighted by Crippen LogP contribution is 2.49. The van der Waals surface area contributed by atoms with E-state index in [9.17, 15) is 0 Å². The van der Waals surface area contributed by atoms with Crippen LogP contribution in [0.25, 0.3) is 103 Å². The Kier molecular flexibility index (Phi) is 8.75. The highest BCUT2D eigenvalue weighted by Gasteiger charge is 2.23. The molecule has 13 rings (SSSR count). The van der Waals surface area contributed by atoms with E-state index in [1.807, 2.05) is 11.3 Å². The average molecular weight is 845 g/mol. The van der Waals surface area contributed by atoms with Crippen LogP contribution in [0.15, 0.2) is 243 Å². The number of nitrogens with zero attached hydrogens (tertiary/aromatic N) is 2. The summed E-state index contributed by atoms with van der Waals surface area (Å²) in [6, 6.07) is 89.0. The molecule has 0 spiro atoms. The molecule has 0 aliphatic heterocycles. The van der Waals surface area contributed by atoms with Gasteiger partial charge in [-0.05, 0) is 116 Å². The van der Waals surface area contributed by atoms with Crippen LogP contribution in [0.5, 0.6) is 0 Å². The Labute approximate surface area is 381 Å². The molecule has 0 N–H and O–H groups in total. The van der Waals surface area contributed by atoms with Crippen LogP contribution in [0.3, 0.4) is 0 Å². The van der Waals surface area contributed by atoms with E-state index in [1.54, 1.807) is 0 Å². The van der Waals surface area contributed by atoms with Crippen LogP contribution in [0.4, 0.5) is 17.1 Å². The van der Waals surface area contributed by atoms with Gasteiger partial charge in [0.05, 0.1) is 16.7 Å². The Hall–Kier alpha value is -8.24. The molecule has 0 saturated heterocycles. The van der Waals surface area contributed by atoms with Gasteiger partial charge in [0.25, 0.3) is 0 Å². The molecule has 3 heteroatoms. The molecule has 0 fully saturated rings. The van der Waals surface area contributed by atoms with Crippen molar-refractivity contribution in [1.82, 2.24) is 4.57 Å². The summed E-state index contributed by atoms with van der Waals surface area (Å²) in [6.07, 6.45) is 0. The zero-order chi connectivity index (χ0) is 42.8. The number of thiophene rings is 1. The molecule has 304 valence electrons. The largest absolute Gasteiger partial charge is 0.310 e. The maximum absolute atomic E-state index is 2.48. The molecule has 0 aliphatic carbocycles. The molecule has 0 atom stereocenters. The molecule has 65 heavy (non-hydrogen) atoms. The first-order valence-electron chi connectivity index (χ1n) is 22.2. The third-order valence-electron chi connectivity index (χ3n) is 13.2. The first-order chi connectivity index (χ1) is 32.2. The van der Waals surface area contributed by atoms with Crippen LogP contribution in [0.1, 0.15) is 0 Å². The fourth-order valence-electron chi connectivity index (χ4n) is 10.2. The van der Waals surface area contributed by atoms with E-state index < -0.39 is 0 Å². The topological polar surface area (TPSA) is 8.17 Å². The van der Waals surface area contributed by atoms with Gasteiger partial charge >= 0.3 is 0 Å². The Balaban J connectivity index is 1.03. The van der Waals surface area contributed by atoms with Crippen molar-refractivity contribution in [1.29, 1.82) is 0 Å². The Morgan fingerprint density at radius 3 is 1.71 bits per heavy atom. The summed E-state index contributed by atoms with van der Waals surface area (Å²) in [5, 5.41) is 10.1. The summed E-state index contributed by atoms with van der Waals surface area (Å²) in [5.74, 6) is 0. The molecule has 0 aliphatic rings. The molecule has 0 bridgehead atoms. The summed E-state index contributed by atoms with van der Waals surface area (Å²) in [6.45, 7) is 0. The molecular weight excluding hydrogens is 805 g/mol. The summed E-state index contributed by atoms with van der Waals surface area (Å²) in [4.78, 5) is 2.48. The highest BCUT2D eigenvalue weighted by atomic mass is 32.1. The molecule has 2 nitrogen and oxygen atoms in total. The number of hydrogen-bond acceptors (Lipinski definition) is 2. The van der Waals surface area contributed by atoms with E-state index in [4.69, 9.17) is 0 Å². The fraction of sp³-hybridized carbons (Fsp3) is 0. The predicted octanol–water partition coefficient (Wildman–Crippen LogP) is 17.9. The molecule has 0 amide bonds. The first-order valence-corrected chi connectivity index (χ1v) is 23.1. The van der Waals surface area contributed by atoms with Gasteiger partial charge < -0.3 is 9.47 Å². The van der Waals surface area contributed by atoms with Crippen LogP contribution < -0.4 is 4.90 Å². The van der Waals surface area contributed by atoms with Gasteiger partial charge in [0.15, 0.2) is 0 Å². The van der Waals surface area contributed by atoms with E-state index in [2.05, 4.69) is 252 Å². The van der Waals surface area contributed by atoms with Crippen LogP contribution in [-0.4, -0.2) is 4.57 Å². The Bertz CT molecular complexity index is 3920. The van der Waals surface area contributed by atoms with Crippen LogP contribution in [0.2, 0.25) is 0 Å². The minimum atomic E-state index is 1.10. The van der Waals surface area contributed by atoms with Crippen molar-refractivity contribution in [2.45, 2.75) is 0 Å². The van der Waals surface area contributed by atoms with Gasteiger partial charge in [-0.1, -0.05) is 182 Å². The lowest BCUT2D eigenvalue weighted by Gasteiger charge is -2.28. The maximum atomic E-state index is 2.48. The second-order valence-corrected chi connectivity index (χ2v) is 17.9. The number of aromatic nitrogens is 1. The molecular formula is C62H40N2S. The van der Waals surface area contributed by atoms with Gasteiger partial charge in [-0.25, -0.2) is 0 Å². The predicted molar refractivity (Wildman–Crippen MR) is 280 cm³/mol. The lowest BCUT2D eigenvalue weighted by molar-refractivity contribution is 1.18. The smallest absolute Gasteiger partial charge is 0.0555 e. The van der Waals surface area contributed by atoms with Gasteiger partial charge in [-0.3, -0.25) is 0 Å². The van der Waals surface area contributed by atoms with Crippen molar-refractivity contribution < 1.29 is 0 Å². The molecule has 0 radical (unpaired) electrons. The fourth-order valence-corrected chi connectivity index (χ4v) is 11.5. The van der Waals surface area contributed by atoms with E-state index >= 15 is 0 Å². The number of rotatable bonds is 7. The summed E-state index contributed by atoms with van der Waals surface area (Å²) >= 11 is 1.88. The monoisotopic (exact) mass is 844 g/mol. The number of para-hydroxylation sites is 2. The van der Waals surface area contributed by atoms with Crippen molar-refractivity contribution >= 4 is 91.9 Å². The molecule has 2 heterocycles. The maximum Gasteiger partial charge on any atom is 0.0555 e. The van der Waals surface area contributed by atoms with Gasteiger partial charge in [0, 0.05) is 48.0 Å². The Morgan fingerprint density at radius 2 is 0.923 bits per heavy atom. The normalized spacial score (nSPS) is 11.7. The molecule has 11 aromatic carbocycles. The summed E-state index contributed by atoms with van der Waals surface area (Å²) in [5.41, 5.74) is 14.1. The number of fused-ring (bicyclic) bond motifs is 9. The molecule has 2 aromatic heterocycles. The SMILES string of the molecule is c1ccc(-c2cccc(N(c3cccc(-c4cccc5c4ccc4ccccc45)c3)c3ccc(-c4cccc(-n5c6ccccc6c6ccccc65)c4)c4sc5ccccc5c34)c2)cc1. The molecule has 13 aromatic rings. The third kappa shape index (κ3) is 6.16. The second-order valence-electron chi connectivity index (χ2n) is 16.8. The number of hydrogen-bond donors (Lipinski definition) is 0. The van der Waals surface area contributed by atoms with Gasteiger partial charge in [0.2, 0.25) is 0 Å². The first kappa shape index (κ1) is 37.3. The third-order valence-corrected chi connectivity index (χ3v) is 14.4. The number of anilines is 3. The van der Waals surface area contributed by atoms with Gasteiger partial charge in [0.1, 0.15) is 0 Å². The van der Waals surface area contributed by atoms with Crippen molar-refractivity contribution in [3.8, 4) is 39.1 Å². The van der Waals surface area contributed by atoms with Crippen molar-refractivity contribution in [3.05, 3.63) is 243 Å². The summed E-state index contributed by atoms with van der Waals surface area (Å²) in [7, 11) is 0. The van der Waals surface area contributed by atoms with Gasteiger partial charge in [-0.15, -0.1) is 11.3 Å². The van der Waals surface area contributed by atoms with E-state index in [1.165, 1.54) is 96.9 Å². The lowest BCUT2D eigenvalue weighted by atomic mass is 9.94. The van der Waals surface area contributed by atoms with Crippen molar-refractivity contribution in [2.24, 2.45) is 0 Å².